The maximum absolute atomic E-state index is 11.2. The molecule has 1 N–H and O–H groups in total. The highest BCUT2D eigenvalue weighted by Gasteiger charge is 2.13. The van der Waals surface area contributed by atoms with E-state index in [-0.39, 0.29) is 6.42 Å². The van der Waals surface area contributed by atoms with Crippen LogP contribution >= 0.6 is 0 Å². The van der Waals surface area contributed by atoms with Gasteiger partial charge in [-0.25, -0.2) is 4.98 Å². The van der Waals surface area contributed by atoms with Gasteiger partial charge in [-0.15, -0.1) is 0 Å². The molecule has 0 spiro atoms. The first-order valence-corrected chi connectivity index (χ1v) is 10.8. The van der Waals surface area contributed by atoms with Gasteiger partial charge in [-0.1, -0.05) is 30.3 Å². The lowest BCUT2D eigenvalue weighted by molar-refractivity contribution is -0.136. The molecule has 1 aromatic heterocycles. The Morgan fingerprint density at radius 2 is 1.68 bits per heavy atom. The van der Waals surface area contributed by atoms with Gasteiger partial charge in [-0.2, -0.15) is 0 Å². The first-order chi connectivity index (χ1) is 16.5. The maximum Gasteiger partial charge on any atom is 0.307 e. The van der Waals surface area contributed by atoms with E-state index in [9.17, 15) is 4.79 Å². The molecule has 4 rings (SSSR count). The monoisotopic (exact) mass is 459 g/mol. The zero-order valence-corrected chi connectivity index (χ0v) is 19.0. The molecule has 0 saturated heterocycles. The molecule has 0 saturated carbocycles. The second kappa shape index (κ2) is 10.6. The van der Waals surface area contributed by atoms with Crippen LogP contribution in [0.4, 0.5) is 0 Å². The van der Waals surface area contributed by atoms with Gasteiger partial charge in [-0.05, 0) is 55.0 Å². The summed E-state index contributed by atoms with van der Waals surface area (Å²) in [6, 6.07) is 22.4. The van der Waals surface area contributed by atoms with Crippen molar-refractivity contribution in [1.29, 1.82) is 0 Å². The van der Waals surface area contributed by atoms with E-state index in [0.717, 1.165) is 22.6 Å². The van der Waals surface area contributed by atoms with E-state index >= 15 is 0 Å². The molecule has 3 aromatic carbocycles. The molecule has 0 aliphatic heterocycles. The van der Waals surface area contributed by atoms with E-state index < -0.39 is 5.97 Å². The molecular formula is C27H25NO6. The quantitative estimate of drug-likeness (QED) is 0.337. The topological polar surface area (TPSA) is 91.0 Å². The number of nitrogens with zero attached hydrogens (tertiary/aromatic N) is 1. The number of carbonyl (C=O) groups is 1. The molecule has 0 atom stereocenters. The highest BCUT2D eigenvalue weighted by atomic mass is 16.5. The van der Waals surface area contributed by atoms with Gasteiger partial charge in [0.1, 0.15) is 41.9 Å². The maximum atomic E-state index is 11.2. The fourth-order valence-corrected chi connectivity index (χ4v) is 3.39. The molecular weight excluding hydrogens is 434 g/mol. The molecule has 4 aromatic rings. The van der Waals surface area contributed by atoms with Crippen LogP contribution in [-0.2, 0) is 24.4 Å². The zero-order valence-electron chi connectivity index (χ0n) is 19.0. The SMILES string of the molecule is COc1ccc(OCc2ccc(OCc3nc(-c4ccccc4)oc3C)cc2)c(CC(=O)O)c1. The van der Waals surface area contributed by atoms with Crippen LogP contribution in [0.1, 0.15) is 22.6 Å². The normalized spacial score (nSPS) is 10.6. The average molecular weight is 459 g/mol. The first-order valence-electron chi connectivity index (χ1n) is 10.8. The van der Waals surface area contributed by atoms with Gasteiger partial charge in [0, 0.05) is 11.1 Å². The van der Waals surface area contributed by atoms with E-state index in [1.54, 1.807) is 18.2 Å². The predicted octanol–water partition coefficient (Wildman–Crippen LogP) is 5.44. The van der Waals surface area contributed by atoms with Crippen LogP contribution in [0.2, 0.25) is 0 Å². The van der Waals surface area contributed by atoms with Crippen molar-refractivity contribution in [3.63, 3.8) is 0 Å². The van der Waals surface area contributed by atoms with Crippen LogP contribution in [0.25, 0.3) is 11.5 Å². The van der Waals surface area contributed by atoms with Crippen LogP contribution < -0.4 is 14.2 Å². The van der Waals surface area contributed by atoms with Crippen molar-refractivity contribution in [3.8, 4) is 28.7 Å². The summed E-state index contributed by atoms with van der Waals surface area (Å²) >= 11 is 0. The van der Waals surface area contributed by atoms with Crippen LogP contribution in [-0.4, -0.2) is 23.2 Å². The number of aryl methyl sites for hydroxylation is 1. The molecule has 0 aliphatic rings. The standard InChI is InChI=1S/C27H25NO6/c1-18-24(28-27(34-18)20-6-4-3-5-7-20)17-32-22-10-8-19(9-11-22)16-33-25-13-12-23(31-2)14-21(25)15-26(29)30/h3-14H,15-17H2,1-2H3,(H,29,30). The minimum atomic E-state index is -0.933. The minimum Gasteiger partial charge on any atom is -0.497 e. The largest absolute Gasteiger partial charge is 0.497 e. The third kappa shape index (κ3) is 5.75. The first kappa shape index (κ1) is 22.9. The Labute approximate surface area is 197 Å². The number of rotatable bonds is 10. The lowest BCUT2D eigenvalue weighted by Gasteiger charge is -2.12. The van der Waals surface area contributed by atoms with Gasteiger partial charge < -0.3 is 23.7 Å². The zero-order chi connectivity index (χ0) is 23.9. The summed E-state index contributed by atoms with van der Waals surface area (Å²) in [6.07, 6.45) is -0.146. The van der Waals surface area contributed by atoms with Gasteiger partial charge in [0.05, 0.1) is 13.5 Å². The predicted molar refractivity (Wildman–Crippen MR) is 126 cm³/mol. The van der Waals surface area contributed by atoms with E-state index in [1.165, 1.54) is 7.11 Å². The molecule has 174 valence electrons. The number of hydrogen-bond acceptors (Lipinski definition) is 6. The summed E-state index contributed by atoms with van der Waals surface area (Å²) in [6.45, 7) is 2.46. The molecule has 34 heavy (non-hydrogen) atoms. The Bertz CT molecular complexity index is 1250. The van der Waals surface area contributed by atoms with E-state index in [4.69, 9.17) is 23.7 Å². The van der Waals surface area contributed by atoms with Crippen molar-refractivity contribution in [3.05, 3.63) is 95.4 Å². The third-order valence-electron chi connectivity index (χ3n) is 5.22. The van der Waals surface area contributed by atoms with Crippen LogP contribution in [0, 0.1) is 6.92 Å². The number of benzene rings is 3. The van der Waals surface area contributed by atoms with E-state index in [2.05, 4.69) is 4.98 Å². The number of hydrogen-bond donors (Lipinski definition) is 1. The smallest absolute Gasteiger partial charge is 0.307 e. The summed E-state index contributed by atoms with van der Waals surface area (Å²) < 4.78 is 22.7. The highest BCUT2D eigenvalue weighted by Crippen LogP contribution is 2.26. The summed E-state index contributed by atoms with van der Waals surface area (Å²) in [4.78, 5) is 15.7. The van der Waals surface area contributed by atoms with Crippen LogP contribution in [0.5, 0.6) is 17.2 Å². The minimum absolute atomic E-state index is 0.146. The van der Waals surface area contributed by atoms with E-state index in [0.29, 0.717) is 41.9 Å². The van der Waals surface area contributed by atoms with E-state index in [1.807, 2.05) is 61.5 Å². The number of methoxy groups -OCH3 is 1. The van der Waals surface area contributed by atoms with Crippen molar-refractivity contribution in [2.75, 3.05) is 7.11 Å². The van der Waals surface area contributed by atoms with Gasteiger partial charge >= 0.3 is 5.97 Å². The molecule has 0 aliphatic carbocycles. The number of carboxylic acids is 1. The number of carboxylic acid groups (broad SMARTS) is 1. The average Bonchev–Trinajstić information content (AvgIpc) is 3.23. The molecule has 0 radical (unpaired) electrons. The Hall–Kier alpha value is -4.26. The van der Waals surface area contributed by atoms with Crippen molar-refractivity contribution < 1.29 is 28.5 Å². The Morgan fingerprint density at radius 3 is 2.38 bits per heavy atom. The van der Waals surface area contributed by atoms with Crippen LogP contribution in [0.3, 0.4) is 0 Å². The second-order valence-electron chi connectivity index (χ2n) is 7.65. The fourth-order valence-electron chi connectivity index (χ4n) is 3.39. The van der Waals surface area contributed by atoms with Crippen molar-refractivity contribution >= 4 is 5.97 Å². The van der Waals surface area contributed by atoms with Gasteiger partial charge in [0.25, 0.3) is 0 Å². The third-order valence-corrected chi connectivity index (χ3v) is 5.22. The molecule has 7 heteroatoms. The summed E-state index contributed by atoms with van der Waals surface area (Å²) in [7, 11) is 1.54. The molecule has 0 amide bonds. The second-order valence-corrected chi connectivity index (χ2v) is 7.65. The lowest BCUT2D eigenvalue weighted by Crippen LogP contribution is -2.05. The Balaban J connectivity index is 1.35. The lowest BCUT2D eigenvalue weighted by atomic mass is 10.1. The molecule has 0 bridgehead atoms. The van der Waals surface area contributed by atoms with Crippen molar-refractivity contribution in [1.82, 2.24) is 4.98 Å². The number of ether oxygens (including phenoxy) is 3. The molecule has 1 heterocycles. The number of oxazole rings is 1. The Kier molecular flexibility index (Phi) is 7.13. The fraction of sp³-hybridized carbons (Fsp3) is 0.185. The molecule has 7 nitrogen and oxygen atoms in total. The highest BCUT2D eigenvalue weighted by molar-refractivity contribution is 5.71. The molecule has 0 unspecified atom stereocenters. The van der Waals surface area contributed by atoms with Gasteiger partial charge in [0.15, 0.2) is 0 Å². The molecule has 0 fully saturated rings. The van der Waals surface area contributed by atoms with Crippen molar-refractivity contribution in [2.24, 2.45) is 0 Å². The number of aromatic nitrogens is 1. The summed E-state index contributed by atoms with van der Waals surface area (Å²) in [5.74, 6) is 2.16. The van der Waals surface area contributed by atoms with Gasteiger partial charge in [-0.3, -0.25) is 4.79 Å². The summed E-state index contributed by atoms with van der Waals surface area (Å²) in [5, 5.41) is 9.16. The van der Waals surface area contributed by atoms with Crippen LogP contribution in [0.15, 0.2) is 77.2 Å². The summed E-state index contributed by atoms with van der Waals surface area (Å²) in [5.41, 5.74) is 3.15. The van der Waals surface area contributed by atoms with Gasteiger partial charge in [0.2, 0.25) is 5.89 Å². The number of aliphatic carboxylic acids is 1. The Morgan fingerprint density at radius 1 is 0.941 bits per heavy atom. The van der Waals surface area contributed by atoms with Crippen molar-refractivity contribution in [2.45, 2.75) is 26.6 Å².